The van der Waals surface area contributed by atoms with E-state index in [-0.39, 0.29) is 17.7 Å². The Balaban J connectivity index is 1.49. The number of carbonyl (C=O) groups excluding carboxylic acids is 3. The van der Waals surface area contributed by atoms with Crippen molar-refractivity contribution in [3.05, 3.63) is 71.3 Å². The molecule has 0 aliphatic carbocycles. The fourth-order valence-electron chi connectivity index (χ4n) is 2.99. The van der Waals surface area contributed by atoms with Crippen LogP contribution in [0.1, 0.15) is 21.5 Å². The maximum Gasteiger partial charge on any atom is 0.251 e. The maximum absolute atomic E-state index is 12.0. The fraction of sp³-hybridized carbons (Fsp3) is 0.227. The van der Waals surface area contributed by atoms with Crippen molar-refractivity contribution in [2.24, 2.45) is 0 Å². The number of rotatable bonds is 6. The summed E-state index contributed by atoms with van der Waals surface area (Å²) in [6, 6.07) is 14.8. The molecule has 0 aromatic heterocycles. The van der Waals surface area contributed by atoms with Crippen molar-refractivity contribution in [2.45, 2.75) is 6.54 Å². The van der Waals surface area contributed by atoms with E-state index >= 15 is 0 Å². The van der Waals surface area contributed by atoms with E-state index in [1.807, 2.05) is 29.2 Å². The van der Waals surface area contributed by atoms with Gasteiger partial charge in [0.2, 0.25) is 11.8 Å². The van der Waals surface area contributed by atoms with Gasteiger partial charge in [0.25, 0.3) is 5.91 Å². The summed E-state index contributed by atoms with van der Waals surface area (Å²) in [6.45, 7) is 2.22. The first kappa shape index (κ1) is 20.1. The summed E-state index contributed by atoms with van der Waals surface area (Å²) in [6.07, 6.45) is 3.17. The molecule has 3 amide bonds. The van der Waals surface area contributed by atoms with Crippen molar-refractivity contribution in [1.29, 1.82) is 0 Å². The first-order valence-corrected chi connectivity index (χ1v) is 9.44. The van der Waals surface area contributed by atoms with Gasteiger partial charge < -0.3 is 20.9 Å². The molecule has 0 atom stereocenters. The van der Waals surface area contributed by atoms with Gasteiger partial charge in [-0.05, 0) is 41.5 Å². The topological polar surface area (TPSA) is 90.5 Å². The molecule has 3 N–H and O–H groups in total. The number of nitrogens with zero attached hydrogens (tertiary/aromatic N) is 1. The Kier molecular flexibility index (Phi) is 6.63. The Labute approximate surface area is 169 Å². The summed E-state index contributed by atoms with van der Waals surface area (Å²) < 4.78 is 0. The lowest BCUT2D eigenvalue weighted by molar-refractivity contribution is -0.120. The molecule has 1 aliphatic rings. The smallest absolute Gasteiger partial charge is 0.251 e. The van der Waals surface area contributed by atoms with Gasteiger partial charge in [-0.25, -0.2) is 0 Å². The molecule has 0 radical (unpaired) electrons. The Morgan fingerprint density at radius 2 is 1.83 bits per heavy atom. The zero-order valence-corrected chi connectivity index (χ0v) is 16.3. The van der Waals surface area contributed by atoms with Crippen molar-refractivity contribution in [1.82, 2.24) is 16.0 Å². The molecule has 1 aliphatic heterocycles. The molecule has 7 heteroatoms. The molecular formula is C22H24N4O3. The fourth-order valence-corrected chi connectivity index (χ4v) is 2.99. The molecule has 7 nitrogen and oxygen atoms in total. The van der Waals surface area contributed by atoms with Crippen molar-refractivity contribution in [3.8, 4) is 0 Å². The van der Waals surface area contributed by atoms with Gasteiger partial charge in [-0.15, -0.1) is 0 Å². The first-order chi connectivity index (χ1) is 14.0. The van der Waals surface area contributed by atoms with E-state index in [4.69, 9.17) is 0 Å². The first-order valence-electron chi connectivity index (χ1n) is 9.44. The number of carbonyl (C=O) groups is 3. The average Bonchev–Trinajstić information content (AvgIpc) is 2.76. The zero-order chi connectivity index (χ0) is 20.6. The van der Waals surface area contributed by atoms with Crippen LogP contribution in [0.25, 0.3) is 6.08 Å². The van der Waals surface area contributed by atoms with E-state index in [1.54, 1.807) is 37.4 Å². The van der Waals surface area contributed by atoms with Crippen molar-refractivity contribution < 1.29 is 14.4 Å². The van der Waals surface area contributed by atoms with E-state index in [0.29, 0.717) is 25.2 Å². The highest BCUT2D eigenvalue weighted by atomic mass is 16.2. The van der Waals surface area contributed by atoms with Gasteiger partial charge >= 0.3 is 0 Å². The minimum Gasteiger partial charge on any atom is -0.360 e. The third kappa shape index (κ3) is 5.68. The van der Waals surface area contributed by atoms with Crippen LogP contribution in [0.4, 0.5) is 5.69 Å². The maximum atomic E-state index is 12.0. The molecule has 2 aromatic carbocycles. The number of piperazine rings is 1. The lowest BCUT2D eigenvalue weighted by Crippen LogP contribution is -2.47. The number of hydrogen-bond acceptors (Lipinski definition) is 4. The third-order valence-corrected chi connectivity index (χ3v) is 4.63. The molecule has 1 heterocycles. The van der Waals surface area contributed by atoms with Gasteiger partial charge in [0.1, 0.15) is 0 Å². The van der Waals surface area contributed by atoms with Crippen LogP contribution in [0.15, 0.2) is 54.6 Å². The molecule has 0 spiro atoms. The number of anilines is 1. The summed E-state index contributed by atoms with van der Waals surface area (Å²) in [5.41, 5.74) is 3.38. The normalized spacial score (nSPS) is 13.8. The zero-order valence-electron chi connectivity index (χ0n) is 16.3. The van der Waals surface area contributed by atoms with Crippen LogP contribution in [-0.4, -0.2) is 44.4 Å². The monoisotopic (exact) mass is 392 g/mol. The minimum atomic E-state index is -0.197. The number of nitrogens with one attached hydrogen (secondary N) is 3. The van der Waals surface area contributed by atoms with Crippen LogP contribution in [0.5, 0.6) is 0 Å². The van der Waals surface area contributed by atoms with Crippen LogP contribution in [-0.2, 0) is 16.1 Å². The molecule has 1 fully saturated rings. The van der Waals surface area contributed by atoms with Crippen molar-refractivity contribution in [3.63, 3.8) is 0 Å². The van der Waals surface area contributed by atoms with Crippen LogP contribution in [0.3, 0.4) is 0 Å². The highest BCUT2D eigenvalue weighted by molar-refractivity contribution is 5.94. The van der Waals surface area contributed by atoms with E-state index < -0.39 is 0 Å². The Morgan fingerprint density at radius 1 is 1.10 bits per heavy atom. The molecule has 0 bridgehead atoms. The third-order valence-electron chi connectivity index (χ3n) is 4.63. The molecular weight excluding hydrogens is 368 g/mol. The standard InChI is InChI=1S/C22H24N4O3/c1-23-22(29)18-7-2-16(3-8-18)6-11-20(27)25-14-17-4-9-19(10-5-17)26-13-12-24-21(28)15-26/h2-11H,12-15H2,1H3,(H,23,29)(H,24,28)(H,25,27)/b11-6+. The van der Waals surface area contributed by atoms with Gasteiger partial charge in [-0.1, -0.05) is 24.3 Å². The molecule has 150 valence electrons. The van der Waals surface area contributed by atoms with E-state index in [9.17, 15) is 14.4 Å². The Morgan fingerprint density at radius 3 is 2.48 bits per heavy atom. The number of hydrogen-bond donors (Lipinski definition) is 3. The molecule has 29 heavy (non-hydrogen) atoms. The van der Waals surface area contributed by atoms with Gasteiger partial charge in [-0.2, -0.15) is 0 Å². The second-order valence-electron chi connectivity index (χ2n) is 6.69. The van der Waals surface area contributed by atoms with E-state index in [0.717, 1.165) is 23.4 Å². The van der Waals surface area contributed by atoms with Gasteiger partial charge in [-0.3, -0.25) is 14.4 Å². The highest BCUT2D eigenvalue weighted by Crippen LogP contribution is 2.16. The summed E-state index contributed by atoms with van der Waals surface area (Å²) in [7, 11) is 1.58. The quantitative estimate of drug-likeness (QED) is 0.647. The Hall–Kier alpha value is -3.61. The largest absolute Gasteiger partial charge is 0.360 e. The van der Waals surface area contributed by atoms with E-state index in [2.05, 4.69) is 16.0 Å². The van der Waals surface area contributed by atoms with E-state index in [1.165, 1.54) is 6.08 Å². The number of amides is 3. The second kappa shape index (κ2) is 9.54. The highest BCUT2D eigenvalue weighted by Gasteiger charge is 2.16. The van der Waals surface area contributed by atoms with Crippen LogP contribution < -0.4 is 20.9 Å². The summed E-state index contributed by atoms with van der Waals surface area (Å²) in [4.78, 5) is 37.1. The predicted octanol–water partition coefficient (Wildman–Crippen LogP) is 1.31. The van der Waals surface area contributed by atoms with Crippen molar-refractivity contribution in [2.75, 3.05) is 31.6 Å². The SMILES string of the molecule is CNC(=O)c1ccc(/C=C/C(=O)NCc2ccc(N3CCNC(=O)C3)cc2)cc1. The predicted molar refractivity (Wildman–Crippen MR) is 112 cm³/mol. The lowest BCUT2D eigenvalue weighted by Gasteiger charge is -2.28. The summed E-state index contributed by atoms with van der Waals surface area (Å²) in [5.74, 6) is -0.312. The molecule has 1 saturated heterocycles. The molecule has 0 unspecified atom stereocenters. The minimum absolute atomic E-state index is 0.0302. The van der Waals surface area contributed by atoms with Crippen molar-refractivity contribution >= 4 is 29.5 Å². The molecule has 0 saturated carbocycles. The van der Waals surface area contributed by atoms with Crippen LogP contribution in [0, 0.1) is 0 Å². The number of benzene rings is 2. The average molecular weight is 392 g/mol. The van der Waals surface area contributed by atoms with Crippen LogP contribution >= 0.6 is 0 Å². The second-order valence-corrected chi connectivity index (χ2v) is 6.69. The van der Waals surface area contributed by atoms with Crippen LogP contribution in [0.2, 0.25) is 0 Å². The van der Waals surface area contributed by atoms with Gasteiger partial charge in [0.15, 0.2) is 0 Å². The summed E-state index contributed by atoms with van der Waals surface area (Å²) in [5, 5.41) is 8.22. The van der Waals surface area contributed by atoms with Gasteiger partial charge in [0.05, 0.1) is 6.54 Å². The molecule has 3 rings (SSSR count). The lowest BCUT2D eigenvalue weighted by atomic mass is 10.1. The van der Waals surface area contributed by atoms with Gasteiger partial charge in [0, 0.05) is 44.0 Å². The Bertz CT molecular complexity index is 905. The molecule has 2 aromatic rings. The summed E-state index contributed by atoms with van der Waals surface area (Å²) >= 11 is 0.